The molecule has 0 rings (SSSR count). The molecule has 0 aliphatic carbocycles. The van der Waals surface area contributed by atoms with Gasteiger partial charge in [-0.2, -0.15) is 0 Å². The highest BCUT2D eigenvalue weighted by Gasteiger charge is 2.13. The molecule has 4 nitrogen and oxygen atoms in total. The van der Waals surface area contributed by atoms with Crippen LogP contribution in [0.15, 0.2) is 0 Å². The Morgan fingerprint density at radius 2 is 1.60 bits per heavy atom. The first kappa shape index (κ1) is 15.1. The molecule has 0 bridgehead atoms. The molecule has 5 heteroatoms. The minimum absolute atomic E-state index is 0.471. The van der Waals surface area contributed by atoms with Crippen LogP contribution in [0.5, 0.6) is 0 Å². The fourth-order valence-corrected chi connectivity index (χ4v) is 2.93. The Kier molecular flexibility index (Phi) is 9.33. The summed E-state index contributed by atoms with van der Waals surface area (Å²) in [4.78, 5) is 6.91. The molecular formula is C10H27N3OSi. The van der Waals surface area contributed by atoms with E-state index < -0.39 is 9.36 Å². The van der Waals surface area contributed by atoms with Crippen molar-refractivity contribution in [3.8, 4) is 0 Å². The van der Waals surface area contributed by atoms with Gasteiger partial charge in [-0.15, -0.1) is 0 Å². The third kappa shape index (κ3) is 10.3. The lowest BCUT2D eigenvalue weighted by molar-refractivity contribution is 0.265. The molecule has 0 unspecified atom stereocenters. The van der Waals surface area contributed by atoms with Gasteiger partial charge in [-0.25, -0.2) is 0 Å². The summed E-state index contributed by atoms with van der Waals surface area (Å²) >= 11 is 0. The van der Waals surface area contributed by atoms with Crippen molar-refractivity contribution in [2.24, 2.45) is 0 Å². The lowest BCUT2D eigenvalue weighted by Crippen LogP contribution is -2.55. The summed E-state index contributed by atoms with van der Waals surface area (Å²) in [5, 5.41) is 3.24. The van der Waals surface area contributed by atoms with Gasteiger partial charge < -0.3 is 14.4 Å². The van der Waals surface area contributed by atoms with E-state index in [9.17, 15) is 0 Å². The van der Waals surface area contributed by atoms with Crippen molar-refractivity contribution in [2.75, 3.05) is 13.3 Å². The highest BCUT2D eigenvalue weighted by Crippen LogP contribution is 1.86. The van der Waals surface area contributed by atoms with Crippen LogP contribution in [-0.2, 0) is 4.43 Å². The van der Waals surface area contributed by atoms with Gasteiger partial charge >= 0.3 is 9.36 Å². The number of hydrogen-bond acceptors (Lipinski definition) is 4. The molecule has 0 atom stereocenters. The Balaban J connectivity index is 3.69. The Bertz CT molecular complexity index is 135. The van der Waals surface area contributed by atoms with Crippen LogP contribution in [0.2, 0.25) is 0 Å². The zero-order valence-electron chi connectivity index (χ0n) is 10.8. The zero-order valence-corrected chi connectivity index (χ0v) is 11.9. The largest absolute Gasteiger partial charge is 0.381 e. The maximum Gasteiger partial charge on any atom is 0.336 e. The van der Waals surface area contributed by atoms with Gasteiger partial charge in [0.1, 0.15) is 0 Å². The summed E-state index contributed by atoms with van der Waals surface area (Å²) < 4.78 is 5.77. The first-order valence-corrected chi connectivity index (χ1v) is 7.53. The number of hydrogen-bond donors (Lipinski definition) is 3. The van der Waals surface area contributed by atoms with Crippen LogP contribution in [0.4, 0.5) is 0 Å². The quantitative estimate of drug-likeness (QED) is 0.311. The van der Waals surface area contributed by atoms with Gasteiger partial charge in [0.2, 0.25) is 0 Å². The fourth-order valence-electron chi connectivity index (χ4n) is 1.14. The molecule has 3 N–H and O–H groups in total. The number of nitrogens with one attached hydrogen (secondary N) is 3. The monoisotopic (exact) mass is 233 g/mol. The maximum atomic E-state index is 5.77. The van der Waals surface area contributed by atoms with Crippen LogP contribution >= 0.6 is 0 Å². The molecule has 15 heavy (non-hydrogen) atoms. The SMILES string of the molecule is CCCNCO[SiH](NC(C)C)NC(C)C. The van der Waals surface area contributed by atoms with E-state index in [1.54, 1.807) is 0 Å². The highest BCUT2D eigenvalue weighted by atomic mass is 28.3. The molecule has 0 saturated carbocycles. The van der Waals surface area contributed by atoms with Crippen LogP contribution in [0.1, 0.15) is 41.0 Å². The van der Waals surface area contributed by atoms with E-state index >= 15 is 0 Å². The van der Waals surface area contributed by atoms with E-state index in [1.165, 1.54) is 0 Å². The molecule has 0 aromatic rings. The van der Waals surface area contributed by atoms with Gasteiger partial charge in [-0.1, -0.05) is 34.6 Å². The Morgan fingerprint density at radius 3 is 2.00 bits per heavy atom. The summed E-state index contributed by atoms with van der Waals surface area (Å²) in [6.07, 6.45) is 1.14. The van der Waals surface area contributed by atoms with Crippen LogP contribution in [0.25, 0.3) is 0 Å². The fraction of sp³-hybridized carbons (Fsp3) is 1.00. The van der Waals surface area contributed by atoms with E-state index in [0.717, 1.165) is 13.0 Å². The Labute approximate surface area is 96.0 Å². The molecule has 0 aromatic carbocycles. The van der Waals surface area contributed by atoms with Crippen LogP contribution in [0, 0.1) is 0 Å². The minimum Gasteiger partial charge on any atom is -0.381 e. The molecule has 0 radical (unpaired) electrons. The van der Waals surface area contributed by atoms with Crippen molar-refractivity contribution in [1.82, 2.24) is 15.3 Å². The Hall–Kier alpha value is 0.0569. The second kappa shape index (κ2) is 9.29. The average molecular weight is 233 g/mol. The highest BCUT2D eigenvalue weighted by molar-refractivity contribution is 6.46. The Morgan fingerprint density at radius 1 is 1.07 bits per heavy atom. The van der Waals surface area contributed by atoms with Gasteiger partial charge in [0.05, 0.1) is 6.73 Å². The molecule has 0 fully saturated rings. The van der Waals surface area contributed by atoms with Crippen LogP contribution < -0.4 is 15.3 Å². The van der Waals surface area contributed by atoms with E-state index in [0.29, 0.717) is 18.8 Å². The molecule has 0 amide bonds. The second-order valence-corrected chi connectivity index (χ2v) is 6.09. The van der Waals surface area contributed by atoms with Crippen molar-refractivity contribution in [2.45, 2.75) is 53.1 Å². The van der Waals surface area contributed by atoms with E-state index in [4.69, 9.17) is 4.43 Å². The molecule has 92 valence electrons. The van der Waals surface area contributed by atoms with Crippen molar-refractivity contribution >= 4 is 9.36 Å². The topological polar surface area (TPSA) is 45.3 Å². The molecule has 0 aliphatic heterocycles. The molecule has 0 saturated heterocycles. The van der Waals surface area contributed by atoms with Crippen molar-refractivity contribution in [3.63, 3.8) is 0 Å². The third-order valence-corrected chi connectivity index (χ3v) is 4.19. The average Bonchev–Trinajstić information content (AvgIpc) is 2.10. The van der Waals surface area contributed by atoms with Gasteiger partial charge in [-0.05, 0) is 25.0 Å². The maximum absolute atomic E-state index is 5.77. The van der Waals surface area contributed by atoms with Crippen molar-refractivity contribution in [1.29, 1.82) is 0 Å². The first-order valence-electron chi connectivity index (χ1n) is 5.90. The zero-order chi connectivity index (χ0) is 11.7. The summed E-state index contributed by atoms with van der Waals surface area (Å²) in [7, 11) is -1.45. The molecule has 0 heterocycles. The minimum atomic E-state index is -1.45. The van der Waals surface area contributed by atoms with E-state index in [2.05, 4.69) is 49.9 Å². The normalized spacial score (nSPS) is 12.0. The molecule has 0 aromatic heterocycles. The molecule has 0 aliphatic rings. The van der Waals surface area contributed by atoms with E-state index in [-0.39, 0.29) is 0 Å². The van der Waals surface area contributed by atoms with Gasteiger partial charge in [0.25, 0.3) is 0 Å². The standard InChI is InChI=1S/C10H27N3OSi/c1-6-7-11-8-14-15(12-9(2)3)13-10(4)5/h9-13,15H,6-8H2,1-5H3. The van der Waals surface area contributed by atoms with Crippen LogP contribution in [0.3, 0.4) is 0 Å². The van der Waals surface area contributed by atoms with E-state index in [1.807, 2.05) is 0 Å². The van der Waals surface area contributed by atoms with Crippen LogP contribution in [-0.4, -0.2) is 34.7 Å². The van der Waals surface area contributed by atoms with Crippen molar-refractivity contribution < 1.29 is 4.43 Å². The van der Waals surface area contributed by atoms with Gasteiger partial charge in [0, 0.05) is 0 Å². The summed E-state index contributed by atoms with van der Waals surface area (Å²) in [6.45, 7) is 12.4. The molecule has 0 spiro atoms. The summed E-state index contributed by atoms with van der Waals surface area (Å²) in [5.74, 6) is 0. The second-order valence-electron chi connectivity index (χ2n) is 4.33. The summed E-state index contributed by atoms with van der Waals surface area (Å²) in [5.41, 5.74) is 0. The first-order chi connectivity index (χ1) is 7.06. The lowest BCUT2D eigenvalue weighted by atomic mass is 10.4. The van der Waals surface area contributed by atoms with Gasteiger partial charge in [0.15, 0.2) is 0 Å². The van der Waals surface area contributed by atoms with Gasteiger partial charge in [-0.3, -0.25) is 5.32 Å². The third-order valence-electron chi connectivity index (χ3n) is 1.75. The molecular weight excluding hydrogens is 206 g/mol. The smallest absolute Gasteiger partial charge is 0.336 e. The summed E-state index contributed by atoms with van der Waals surface area (Å²) in [6, 6.07) is 0.943. The lowest BCUT2D eigenvalue weighted by Gasteiger charge is -2.22. The van der Waals surface area contributed by atoms with Crippen molar-refractivity contribution in [3.05, 3.63) is 0 Å². The number of rotatable bonds is 9. The predicted molar refractivity (Wildman–Crippen MR) is 67.9 cm³/mol. The predicted octanol–water partition coefficient (Wildman–Crippen LogP) is 0.673.